The van der Waals surface area contributed by atoms with E-state index in [4.69, 9.17) is 16.4 Å². The lowest BCUT2D eigenvalue weighted by Crippen LogP contribution is -2.28. The van der Waals surface area contributed by atoms with Gasteiger partial charge in [-0.2, -0.15) is 0 Å². The lowest BCUT2D eigenvalue weighted by Gasteiger charge is -2.06. The highest BCUT2D eigenvalue weighted by atomic mass is 35.5. The number of urea groups is 1. The van der Waals surface area contributed by atoms with Crippen molar-refractivity contribution >= 4 is 23.3 Å². The van der Waals surface area contributed by atoms with E-state index in [1.54, 1.807) is 31.2 Å². The van der Waals surface area contributed by atoms with E-state index in [0.29, 0.717) is 17.3 Å². The second kappa shape index (κ2) is 5.47. The van der Waals surface area contributed by atoms with Crippen LogP contribution in [0.2, 0.25) is 5.02 Å². The number of nitrogens with one attached hydrogen (secondary N) is 2. The molecule has 0 atom stereocenters. The van der Waals surface area contributed by atoms with Crippen molar-refractivity contribution in [2.45, 2.75) is 6.92 Å². The zero-order chi connectivity index (χ0) is 10.4. The molecule has 0 aromatic heterocycles. The minimum absolute atomic E-state index is 0.420. The smallest absolute Gasteiger partial charge is 0.306 e. The van der Waals surface area contributed by atoms with Gasteiger partial charge in [0.15, 0.2) is 0 Å². The number of hydrogen-bond donors (Lipinski definition) is 2. The van der Waals surface area contributed by atoms with Crippen molar-refractivity contribution in [1.82, 2.24) is 5.48 Å². The van der Waals surface area contributed by atoms with Gasteiger partial charge in [0.25, 0.3) is 0 Å². The molecular formula is C9H11ClN2O2. The summed E-state index contributed by atoms with van der Waals surface area (Å²) < 4.78 is 0. The maximum atomic E-state index is 11.1. The molecule has 0 bridgehead atoms. The van der Waals surface area contributed by atoms with Crippen LogP contribution in [0.15, 0.2) is 24.3 Å². The van der Waals surface area contributed by atoms with Gasteiger partial charge in [-0.3, -0.25) is 4.84 Å². The molecule has 0 aliphatic rings. The van der Waals surface area contributed by atoms with Gasteiger partial charge >= 0.3 is 6.03 Å². The van der Waals surface area contributed by atoms with Crippen LogP contribution in [0.5, 0.6) is 0 Å². The molecule has 14 heavy (non-hydrogen) atoms. The van der Waals surface area contributed by atoms with Gasteiger partial charge in [-0.15, -0.1) is 0 Å². The third kappa shape index (κ3) is 3.64. The molecule has 0 aliphatic heterocycles. The van der Waals surface area contributed by atoms with Gasteiger partial charge in [-0.25, -0.2) is 10.3 Å². The lowest BCUT2D eigenvalue weighted by molar-refractivity contribution is 0.0758. The van der Waals surface area contributed by atoms with Gasteiger partial charge < -0.3 is 5.32 Å². The number of carbonyl (C=O) groups is 1. The van der Waals surface area contributed by atoms with E-state index in [0.717, 1.165) is 0 Å². The third-order valence-electron chi connectivity index (χ3n) is 1.39. The van der Waals surface area contributed by atoms with Crippen LogP contribution in [0.4, 0.5) is 10.5 Å². The van der Waals surface area contributed by atoms with Crippen LogP contribution in [0.3, 0.4) is 0 Å². The molecule has 0 unspecified atom stereocenters. The molecule has 1 aromatic carbocycles. The minimum atomic E-state index is -0.422. The molecule has 2 N–H and O–H groups in total. The molecule has 5 heteroatoms. The highest BCUT2D eigenvalue weighted by Gasteiger charge is 2.00. The molecule has 0 saturated heterocycles. The molecule has 0 fully saturated rings. The molecule has 0 saturated carbocycles. The predicted octanol–water partition coefficient (Wildman–Crippen LogP) is 2.41. The Labute approximate surface area is 87.2 Å². The summed E-state index contributed by atoms with van der Waals surface area (Å²) in [5.74, 6) is 0. The molecule has 76 valence electrons. The average Bonchev–Trinajstić information content (AvgIpc) is 2.15. The summed E-state index contributed by atoms with van der Waals surface area (Å²) in [7, 11) is 0. The first kappa shape index (κ1) is 10.8. The minimum Gasteiger partial charge on any atom is -0.306 e. The van der Waals surface area contributed by atoms with Crippen LogP contribution >= 0.6 is 11.6 Å². The van der Waals surface area contributed by atoms with Gasteiger partial charge in [0.2, 0.25) is 0 Å². The first-order valence-corrected chi connectivity index (χ1v) is 4.54. The first-order valence-electron chi connectivity index (χ1n) is 4.16. The lowest BCUT2D eigenvalue weighted by atomic mass is 10.3. The summed E-state index contributed by atoms with van der Waals surface area (Å²) in [6.45, 7) is 2.20. The summed E-state index contributed by atoms with van der Waals surface area (Å²) >= 11 is 5.73. The maximum absolute atomic E-state index is 11.1. The molecule has 1 aromatic rings. The SMILES string of the molecule is CCONC(=O)Nc1cccc(Cl)c1. The fourth-order valence-electron chi connectivity index (χ4n) is 0.861. The second-order valence-corrected chi connectivity index (χ2v) is 2.94. The monoisotopic (exact) mass is 214 g/mol. The van der Waals surface area contributed by atoms with Gasteiger partial charge in [0.05, 0.1) is 6.61 Å². The Bertz CT molecular complexity index is 317. The summed E-state index contributed by atoms with van der Waals surface area (Å²) in [5.41, 5.74) is 2.83. The summed E-state index contributed by atoms with van der Waals surface area (Å²) in [6.07, 6.45) is 0. The van der Waals surface area contributed by atoms with Gasteiger partial charge in [-0.05, 0) is 25.1 Å². The van der Waals surface area contributed by atoms with E-state index in [2.05, 4.69) is 10.8 Å². The molecule has 4 nitrogen and oxygen atoms in total. The van der Waals surface area contributed by atoms with E-state index in [9.17, 15) is 4.79 Å². The van der Waals surface area contributed by atoms with Crippen molar-refractivity contribution in [3.05, 3.63) is 29.3 Å². The normalized spacial score (nSPS) is 9.57. The summed E-state index contributed by atoms with van der Waals surface area (Å²) in [4.78, 5) is 15.8. The Balaban J connectivity index is 2.47. The zero-order valence-corrected chi connectivity index (χ0v) is 8.47. The molecule has 0 aliphatic carbocycles. The molecule has 0 spiro atoms. The quantitative estimate of drug-likeness (QED) is 0.760. The number of benzene rings is 1. The Morgan fingerprint density at radius 2 is 2.36 bits per heavy atom. The first-order chi connectivity index (χ1) is 6.72. The van der Waals surface area contributed by atoms with Crippen molar-refractivity contribution in [2.24, 2.45) is 0 Å². The zero-order valence-electron chi connectivity index (χ0n) is 7.71. The van der Waals surface area contributed by atoms with Crippen LogP contribution in [0.1, 0.15) is 6.92 Å². The number of carbonyl (C=O) groups excluding carboxylic acids is 1. The number of rotatable bonds is 3. The van der Waals surface area contributed by atoms with Crippen LogP contribution in [-0.2, 0) is 4.84 Å². The van der Waals surface area contributed by atoms with Crippen molar-refractivity contribution < 1.29 is 9.63 Å². The molecule has 0 heterocycles. The van der Waals surface area contributed by atoms with Gasteiger partial charge in [0.1, 0.15) is 0 Å². The topological polar surface area (TPSA) is 50.4 Å². The summed E-state index contributed by atoms with van der Waals surface area (Å²) in [5, 5.41) is 3.13. The van der Waals surface area contributed by atoms with Crippen molar-refractivity contribution in [2.75, 3.05) is 11.9 Å². The number of hydrogen-bond acceptors (Lipinski definition) is 2. The van der Waals surface area contributed by atoms with Crippen LogP contribution < -0.4 is 10.8 Å². The largest absolute Gasteiger partial charge is 0.343 e. The Kier molecular flexibility index (Phi) is 4.22. The van der Waals surface area contributed by atoms with Crippen molar-refractivity contribution in [3.8, 4) is 0 Å². The van der Waals surface area contributed by atoms with E-state index in [1.807, 2.05) is 0 Å². The van der Waals surface area contributed by atoms with Gasteiger partial charge in [0, 0.05) is 10.7 Å². The fourth-order valence-corrected chi connectivity index (χ4v) is 1.05. The van der Waals surface area contributed by atoms with Crippen LogP contribution in [0, 0.1) is 0 Å². The highest BCUT2D eigenvalue weighted by Crippen LogP contribution is 2.14. The highest BCUT2D eigenvalue weighted by molar-refractivity contribution is 6.30. The van der Waals surface area contributed by atoms with E-state index < -0.39 is 6.03 Å². The van der Waals surface area contributed by atoms with Crippen molar-refractivity contribution in [3.63, 3.8) is 0 Å². The predicted molar refractivity (Wildman–Crippen MR) is 55.2 cm³/mol. The van der Waals surface area contributed by atoms with Gasteiger partial charge in [-0.1, -0.05) is 17.7 Å². The Morgan fingerprint density at radius 3 is 3.00 bits per heavy atom. The number of anilines is 1. The number of hydroxylamine groups is 1. The second-order valence-electron chi connectivity index (χ2n) is 2.50. The van der Waals surface area contributed by atoms with Crippen LogP contribution in [-0.4, -0.2) is 12.6 Å². The average molecular weight is 215 g/mol. The van der Waals surface area contributed by atoms with E-state index in [-0.39, 0.29) is 0 Å². The molecular weight excluding hydrogens is 204 g/mol. The molecule has 0 radical (unpaired) electrons. The molecule has 1 rings (SSSR count). The fraction of sp³-hybridized carbons (Fsp3) is 0.222. The molecule has 2 amide bonds. The number of halogens is 1. The third-order valence-corrected chi connectivity index (χ3v) is 1.63. The number of amides is 2. The summed E-state index contributed by atoms with van der Waals surface area (Å²) in [6, 6.07) is 6.44. The maximum Gasteiger partial charge on any atom is 0.343 e. The standard InChI is InChI=1S/C9H11ClN2O2/c1-2-14-12-9(13)11-8-5-3-4-7(10)6-8/h3-6H,2H2,1H3,(H2,11,12,13). The Morgan fingerprint density at radius 1 is 1.57 bits per heavy atom. The van der Waals surface area contributed by atoms with E-state index >= 15 is 0 Å². The van der Waals surface area contributed by atoms with E-state index in [1.165, 1.54) is 0 Å². The van der Waals surface area contributed by atoms with Crippen LogP contribution in [0.25, 0.3) is 0 Å². The Hall–Kier alpha value is -1.26. The van der Waals surface area contributed by atoms with Crippen molar-refractivity contribution in [1.29, 1.82) is 0 Å².